The van der Waals surface area contributed by atoms with Gasteiger partial charge in [0.05, 0.1) is 49.4 Å². The van der Waals surface area contributed by atoms with Crippen LogP contribution in [0.3, 0.4) is 0 Å². The number of thiophene rings is 1. The summed E-state index contributed by atoms with van der Waals surface area (Å²) in [6.45, 7) is 16.2. The highest BCUT2D eigenvalue weighted by atomic mass is 79.9. The van der Waals surface area contributed by atoms with E-state index in [1.807, 2.05) is 11.3 Å². The van der Waals surface area contributed by atoms with Crippen LogP contribution in [0.2, 0.25) is 0 Å². The lowest BCUT2D eigenvalue weighted by Gasteiger charge is -2.35. The third-order valence-corrected chi connectivity index (χ3v) is 19.4. The van der Waals surface area contributed by atoms with Crippen LogP contribution < -0.4 is 9.80 Å². The molecule has 0 N–H and O–H groups in total. The monoisotopic (exact) mass is 1150 g/mol. The number of halogens is 1. The molecule has 0 bridgehead atoms. The highest BCUT2D eigenvalue weighted by Gasteiger charge is 2.53. The number of para-hydroxylation sites is 3. The Morgan fingerprint density at radius 2 is 0.988 bits per heavy atom. The molecule has 2 aromatic heterocycles. The molecule has 0 aliphatic heterocycles. The summed E-state index contributed by atoms with van der Waals surface area (Å²) < 4.78 is 4.72. The molecule has 0 saturated heterocycles. The fraction of sp³-hybridized carbons (Fsp3) is 0.128. The van der Waals surface area contributed by atoms with Crippen molar-refractivity contribution in [3.8, 4) is 39.1 Å². The Labute approximate surface area is 499 Å². The number of anilines is 6. The number of hydrogen-bond acceptors (Lipinski definition) is 3. The maximum atomic E-state index is 4.56. The van der Waals surface area contributed by atoms with E-state index in [-0.39, 0.29) is 10.8 Å². The quantitative estimate of drug-likeness (QED) is 0.150. The van der Waals surface area contributed by atoms with E-state index in [2.05, 4.69) is 327 Å². The Hall–Kier alpha value is -8.74. The molecule has 15 rings (SSSR count). The zero-order valence-electron chi connectivity index (χ0n) is 47.8. The highest BCUT2D eigenvalue weighted by Crippen LogP contribution is 2.66. The van der Waals surface area contributed by atoms with Gasteiger partial charge in [0.1, 0.15) is 0 Å². The number of nitrogens with zero attached hydrogens (tertiary/aromatic N) is 3. The van der Waals surface area contributed by atoms with Crippen LogP contribution >= 0.6 is 27.3 Å². The molecule has 402 valence electrons. The summed E-state index contributed by atoms with van der Waals surface area (Å²) in [4.78, 5) is 5.11. The molecule has 3 nitrogen and oxygen atoms in total. The molecule has 0 fully saturated rings. The first-order valence-electron chi connectivity index (χ1n) is 28.9. The van der Waals surface area contributed by atoms with Crippen molar-refractivity contribution in [3.05, 3.63) is 291 Å². The molecule has 13 aromatic rings. The van der Waals surface area contributed by atoms with Crippen LogP contribution in [0, 0.1) is 6.92 Å². The van der Waals surface area contributed by atoms with E-state index in [1.165, 1.54) is 93.1 Å². The molecule has 0 amide bonds. The first kappa shape index (κ1) is 51.2. The largest absolute Gasteiger partial charge is 0.309 e. The van der Waals surface area contributed by atoms with Crippen molar-refractivity contribution in [2.24, 2.45) is 0 Å². The first-order valence-corrected chi connectivity index (χ1v) is 30.6. The Balaban J connectivity index is 1.02. The number of aryl methyl sites for hydroxylation is 1. The maximum absolute atomic E-state index is 4.56. The molecular weight excluding hydrogens is 1090 g/mol. The van der Waals surface area contributed by atoms with Gasteiger partial charge in [0, 0.05) is 48.7 Å². The Morgan fingerprint density at radius 3 is 1.70 bits per heavy atom. The molecule has 0 radical (unpaired) electrons. The van der Waals surface area contributed by atoms with Crippen molar-refractivity contribution in [2.75, 3.05) is 9.80 Å². The van der Waals surface area contributed by atoms with Crippen LogP contribution in [0.1, 0.15) is 80.5 Å². The van der Waals surface area contributed by atoms with Gasteiger partial charge in [-0.1, -0.05) is 211 Å². The van der Waals surface area contributed by atoms with E-state index in [0.717, 1.165) is 55.4 Å². The summed E-state index contributed by atoms with van der Waals surface area (Å²) >= 11 is 6.38. The average Bonchev–Trinajstić information content (AvgIpc) is 1.57. The predicted octanol–water partition coefficient (Wildman–Crippen LogP) is 22.6. The SMILES string of the molecule is Cc1cccc(N(c2cc(C(C)(C)C)cc(N(c3ccccc3-c3ccccc3)c3csc4ccc(C(C)(C)C)cc34)c2Br)c2cccc3c2-c2ccccc2C32c3ccccc3-c3ccc(-n4c5ccccc5c5ccccc54)cc32)c1. The van der Waals surface area contributed by atoms with Gasteiger partial charge in [-0.3, -0.25) is 0 Å². The Morgan fingerprint density at radius 1 is 0.410 bits per heavy atom. The van der Waals surface area contributed by atoms with E-state index >= 15 is 0 Å². The molecular formula is C78H62BrN3S. The van der Waals surface area contributed by atoms with Crippen LogP contribution in [0.25, 0.3) is 71.0 Å². The van der Waals surface area contributed by atoms with Gasteiger partial charge in [0.2, 0.25) is 0 Å². The van der Waals surface area contributed by atoms with Crippen LogP contribution in [0.15, 0.2) is 253 Å². The lowest BCUT2D eigenvalue weighted by molar-refractivity contribution is 0.590. The predicted molar refractivity (Wildman–Crippen MR) is 357 cm³/mol. The minimum absolute atomic E-state index is 0.0428. The number of rotatable bonds is 8. The van der Waals surface area contributed by atoms with Crippen LogP contribution in [-0.4, -0.2) is 4.57 Å². The summed E-state index contributed by atoms with van der Waals surface area (Å²) in [7, 11) is 0. The molecule has 5 heteroatoms. The smallest absolute Gasteiger partial charge is 0.0727 e. The van der Waals surface area contributed by atoms with Crippen molar-refractivity contribution in [1.82, 2.24) is 4.57 Å². The van der Waals surface area contributed by atoms with Crippen molar-refractivity contribution < 1.29 is 0 Å². The summed E-state index contributed by atoms with van der Waals surface area (Å²) in [5, 5.41) is 6.12. The average molecular weight is 1150 g/mol. The lowest BCUT2D eigenvalue weighted by Crippen LogP contribution is -2.26. The van der Waals surface area contributed by atoms with Crippen LogP contribution in [0.5, 0.6) is 0 Å². The normalized spacial score (nSPS) is 14.3. The van der Waals surface area contributed by atoms with Gasteiger partial charge in [-0.25, -0.2) is 0 Å². The van der Waals surface area contributed by atoms with Gasteiger partial charge in [0.25, 0.3) is 0 Å². The number of fused-ring (bicyclic) bond motifs is 14. The van der Waals surface area contributed by atoms with Crippen molar-refractivity contribution in [2.45, 2.75) is 64.7 Å². The molecule has 1 atom stereocenters. The highest BCUT2D eigenvalue weighted by molar-refractivity contribution is 9.10. The van der Waals surface area contributed by atoms with Crippen LogP contribution in [-0.2, 0) is 16.2 Å². The molecule has 2 aliphatic carbocycles. The zero-order chi connectivity index (χ0) is 56.5. The fourth-order valence-electron chi connectivity index (χ4n) is 13.8. The molecule has 2 aliphatic rings. The van der Waals surface area contributed by atoms with Crippen LogP contribution in [0.4, 0.5) is 34.1 Å². The number of hydrogen-bond donors (Lipinski definition) is 0. The van der Waals surface area contributed by atoms with Crippen molar-refractivity contribution in [1.29, 1.82) is 0 Å². The van der Waals surface area contributed by atoms with Crippen molar-refractivity contribution in [3.63, 3.8) is 0 Å². The van der Waals surface area contributed by atoms with E-state index < -0.39 is 5.41 Å². The fourth-order valence-corrected chi connectivity index (χ4v) is 15.3. The van der Waals surface area contributed by atoms with Gasteiger partial charge in [-0.05, 0) is 168 Å². The topological polar surface area (TPSA) is 11.4 Å². The second-order valence-electron chi connectivity index (χ2n) is 24.7. The molecule has 1 unspecified atom stereocenters. The van der Waals surface area contributed by atoms with Gasteiger partial charge >= 0.3 is 0 Å². The van der Waals surface area contributed by atoms with Gasteiger partial charge < -0.3 is 14.4 Å². The van der Waals surface area contributed by atoms with E-state index in [4.69, 9.17) is 0 Å². The minimum Gasteiger partial charge on any atom is -0.309 e. The third-order valence-electron chi connectivity index (χ3n) is 17.7. The number of benzene rings is 11. The van der Waals surface area contributed by atoms with E-state index in [0.29, 0.717) is 0 Å². The summed E-state index contributed by atoms with van der Waals surface area (Å²) in [6.07, 6.45) is 0. The standard InChI is InChI=1S/C78H62BrN3S/c1-49-23-21-26-53(43-49)81(70-45-52(77(5,6)7)46-71(75(70)79)82(66-35-18-13-27-55(66)50-24-9-8-10-25-50)72-48-83-73-42-39-51(44-61(72)73)76(2,3)4)69-38-22-34-64-74(69)60-31-12-17-33-63(60)78(64)62-32-16-11-28-56(62)57-41-40-54(47-65(57)78)80-67-36-19-14-29-58(67)59-30-15-20-37-68(59)80/h8-48H,1-7H3. The van der Waals surface area contributed by atoms with Gasteiger partial charge in [-0.15, -0.1) is 11.3 Å². The summed E-state index contributed by atoms with van der Waals surface area (Å²) in [6, 6.07) is 91.4. The van der Waals surface area contributed by atoms with Gasteiger partial charge in [0.15, 0.2) is 0 Å². The molecule has 0 saturated carbocycles. The van der Waals surface area contributed by atoms with Gasteiger partial charge in [-0.2, -0.15) is 0 Å². The summed E-state index contributed by atoms with van der Waals surface area (Å²) in [5.74, 6) is 0. The molecule has 11 aromatic carbocycles. The molecule has 2 heterocycles. The molecule has 83 heavy (non-hydrogen) atoms. The Kier molecular flexibility index (Phi) is 11.8. The lowest BCUT2D eigenvalue weighted by atomic mass is 9.70. The van der Waals surface area contributed by atoms with Crippen molar-refractivity contribution >= 4 is 93.3 Å². The Bertz CT molecular complexity index is 4710. The van der Waals surface area contributed by atoms with E-state index in [1.54, 1.807) is 0 Å². The second-order valence-corrected chi connectivity index (χ2v) is 26.4. The zero-order valence-corrected chi connectivity index (χ0v) is 50.2. The first-order chi connectivity index (χ1) is 40.3. The second kappa shape index (κ2) is 19.2. The number of aromatic nitrogens is 1. The third kappa shape index (κ3) is 7.88. The molecule has 1 spiro atoms. The summed E-state index contributed by atoms with van der Waals surface area (Å²) in [5.41, 5.74) is 25.5. The minimum atomic E-state index is -0.625. The van der Waals surface area contributed by atoms with E-state index in [9.17, 15) is 0 Å². The maximum Gasteiger partial charge on any atom is 0.0727 e.